The van der Waals surface area contributed by atoms with Crippen LogP contribution >= 0.6 is 0 Å². The molecular weight excluding hydrogens is 160 g/mol. The highest BCUT2D eigenvalue weighted by Gasteiger charge is 2.25. The molecule has 0 spiro atoms. The number of Topliss-reactive ketones (excluding diaryl/α,β-unsaturated/α-hetero) is 1. The van der Waals surface area contributed by atoms with E-state index in [1.807, 2.05) is 0 Å². The van der Waals surface area contributed by atoms with Crippen molar-refractivity contribution in [2.24, 2.45) is 5.92 Å². The van der Waals surface area contributed by atoms with Crippen LogP contribution in [0.1, 0.15) is 38.5 Å². The molecule has 2 rings (SSSR count). The maximum Gasteiger partial charge on any atom is 0.140 e. The molecule has 1 unspecified atom stereocenters. The Kier molecular flexibility index (Phi) is 2.62. The second-order valence-corrected chi connectivity index (χ2v) is 3.97. The van der Waals surface area contributed by atoms with Crippen LogP contribution in [0.2, 0.25) is 0 Å². The third-order valence-electron chi connectivity index (χ3n) is 3.05. The van der Waals surface area contributed by atoms with E-state index in [0.29, 0.717) is 5.78 Å². The Bertz CT molecular complexity index is 260. The molecule has 0 radical (unpaired) electrons. The molecule has 0 aliphatic heterocycles. The first kappa shape index (κ1) is 8.74. The van der Waals surface area contributed by atoms with Gasteiger partial charge in [-0.15, -0.1) is 0 Å². The normalized spacial score (nSPS) is 28.8. The van der Waals surface area contributed by atoms with E-state index in [9.17, 15) is 4.79 Å². The van der Waals surface area contributed by atoms with Crippen molar-refractivity contribution < 1.29 is 4.79 Å². The Balaban J connectivity index is 2.09. The van der Waals surface area contributed by atoms with Crippen molar-refractivity contribution in [1.29, 1.82) is 0 Å². The minimum atomic E-state index is 0.277. The summed E-state index contributed by atoms with van der Waals surface area (Å²) in [5, 5.41) is 0. The van der Waals surface area contributed by atoms with E-state index >= 15 is 0 Å². The third kappa shape index (κ3) is 1.90. The van der Waals surface area contributed by atoms with E-state index in [1.165, 1.54) is 12.0 Å². The zero-order valence-corrected chi connectivity index (χ0v) is 7.96. The molecule has 0 aromatic heterocycles. The highest BCUT2D eigenvalue weighted by molar-refractivity contribution is 5.84. The third-order valence-corrected chi connectivity index (χ3v) is 3.05. The molecule has 13 heavy (non-hydrogen) atoms. The van der Waals surface area contributed by atoms with Gasteiger partial charge in [-0.3, -0.25) is 4.79 Å². The first-order chi connectivity index (χ1) is 6.38. The van der Waals surface area contributed by atoms with Gasteiger partial charge in [-0.05, 0) is 25.7 Å². The lowest BCUT2D eigenvalue weighted by Crippen LogP contribution is -2.21. The van der Waals surface area contributed by atoms with Crippen molar-refractivity contribution in [3.05, 3.63) is 23.8 Å². The van der Waals surface area contributed by atoms with E-state index in [-0.39, 0.29) is 5.92 Å². The monoisotopic (exact) mass is 176 g/mol. The van der Waals surface area contributed by atoms with Crippen LogP contribution in [0.5, 0.6) is 0 Å². The number of hydrogen-bond acceptors (Lipinski definition) is 1. The van der Waals surface area contributed by atoms with E-state index in [2.05, 4.69) is 18.2 Å². The summed E-state index contributed by atoms with van der Waals surface area (Å²) in [6.07, 6.45) is 12.9. The van der Waals surface area contributed by atoms with Crippen molar-refractivity contribution in [3.63, 3.8) is 0 Å². The van der Waals surface area contributed by atoms with Gasteiger partial charge < -0.3 is 0 Å². The van der Waals surface area contributed by atoms with E-state index in [4.69, 9.17) is 0 Å². The largest absolute Gasteiger partial charge is 0.299 e. The summed E-state index contributed by atoms with van der Waals surface area (Å²) in [6.45, 7) is 0. The maximum atomic E-state index is 11.6. The molecule has 0 amide bonds. The molecule has 1 fully saturated rings. The van der Waals surface area contributed by atoms with E-state index < -0.39 is 0 Å². The number of allylic oxidation sites excluding steroid dienone is 4. The molecular formula is C12H16O. The van der Waals surface area contributed by atoms with Gasteiger partial charge in [-0.2, -0.15) is 0 Å². The summed E-state index contributed by atoms with van der Waals surface area (Å²) < 4.78 is 0. The fourth-order valence-electron chi connectivity index (χ4n) is 2.29. The Hall–Kier alpha value is -0.850. The molecule has 1 atom stereocenters. The first-order valence-corrected chi connectivity index (χ1v) is 5.26. The van der Waals surface area contributed by atoms with Crippen LogP contribution in [-0.2, 0) is 4.79 Å². The van der Waals surface area contributed by atoms with Gasteiger partial charge in [0.1, 0.15) is 5.78 Å². The van der Waals surface area contributed by atoms with Crippen LogP contribution in [0, 0.1) is 5.92 Å². The number of carbonyl (C=O) groups is 1. The quantitative estimate of drug-likeness (QED) is 0.600. The molecule has 70 valence electrons. The van der Waals surface area contributed by atoms with Crippen molar-refractivity contribution in [1.82, 2.24) is 0 Å². The molecule has 1 heteroatoms. The van der Waals surface area contributed by atoms with Crippen molar-refractivity contribution in [3.8, 4) is 0 Å². The average Bonchev–Trinajstić information content (AvgIpc) is 2.20. The fourth-order valence-corrected chi connectivity index (χ4v) is 2.29. The SMILES string of the molecule is O=C1CCCCC1C1=CC=CCC1. The number of carbonyl (C=O) groups excluding carboxylic acids is 1. The van der Waals surface area contributed by atoms with Gasteiger partial charge in [0.05, 0.1) is 0 Å². The topological polar surface area (TPSA) is 17.1 Å². The van der Waals surface area contributed by atoms with Gasteiger partial charge in [-0.25, -0.2) is 0 Å². The molecule has 0 aromatic carbocycles. The van der Waals surface area contributed by atoms with Gasteiger partial charge in [0.25, 0.3) is 0 Å². The summed E-state index contributed by atoms with van der Waals surface area (Å²) >= 11 is 0. The van der Waals surface area contributed by atoms with Gasteiger partial charge >= 0.3 is 0 Å². The zero-order valence-electron chi connectivity index (χ0n) is 7.96. The van der Waals surface area contributed by atoms with Crippen LogP contribution in [0.25, 0.3) is 0 Å². The van der Waals surface area contributed by atoms with Crippen molar-refractivity contribution >= 4 is 5.78 Å². The zero-order chi connectivity index (χ0) is 9.10. The van der Waals surface area contributed by atoms with Crippen LogP contribution in [0.15, 0.2) is 23.8 Å². The second kappa shape index (κ2) is 3.91. The predicted molar refractivity (Wildman–Crippen MR) is 53.4 cm³/mol. The number of hydrogen-bond donors (Lipinski definition) is 0. The second-order valence-electron chi connectivity index (χ2n) is 3.97. The summed E-state index contributed by atoms with van der Waals surface area (Å²) in [5.74, 6) is 0.756. The summed E-state index contributed by atoms with van der Waals surface area (Å²) in [4.78, 5) is 11.6. The minimum absolute atomic E-state index is 0.277. The Morgan fingerprint density at radius 1 is 1.23 bits per heavy atom. The van der Waals surface area contributed by atoms with Crippen LogP contribution in [0.4, 0.5) is 0 Å². The Morgan fingerprint density at radius 2 is 2.15 bits per heavy atom. The van der Waals surface area contributed by atoms with Crippen LogP contribution < -0.4 is 0 Å². The summed E-state index contributed by atoms with van der Waals surface area (Å²) in [6, 6.07) is 0. The van der Waals surface area contributed by atoms with Gasteiger partial charge in [0, 0.05) is 12.3 Å². The summed E-state index contributed by atoms with van der Waals surface area (Å²) in [5.41, 5.74) is 1.38. The smallest absolute Gasteiger partial charge is 0.140 e. The lowest BCUT2D eigenvalue weighted by molar-refractivity contribution is -0.123. The molecule has 1 nitrogen and oxygen atoms in total. The highest BCUT2D eigenvalue weighted by atomic mass is 16.1. The lowest BCUT2D eigenvalue weighted by atomic mass is 9.80. The molecule has 0 aromatic rings. The number of ketones is 1. The van der Waals surface area contributed by atoms with E-state index in [0.717, 1.165) is 32.1 Å². The first-order valence-electron chi connectivity index (χ1n) is 5.26. The van der Waals surface area contributed by atoms with Gasteiger partial charge in [0.2, 0.25) is 0 Å². The van der Waals surface area contributed by atoms with Crippen LogP contribution in [-0.4, -0.2) is 5.78 Å². The average molecular weight is 176 g/mol. The Labute approximate surface area is 79.5 Å². The number of rotatable bonds is 1. The van der Waals surface area contributed by atoms with Crippen LogP contribution in [0.3, 0.4) is 0 Å². The fraction of sp³-hybridized carbons (Fsp3) is 0.583. The molecule has 2 aliphatic rings. The molecule has 1 saturated carbocycles. The van der Waals surface area contributed by atoms with Crippen molar-refractivity contribution in [2.75, 3.05) is 0 Å². The highest BCUT2D eigenvalue weighted by Crippen LogP contribution is 2.30. The van der Waals surface area contributed by atoms with Gasteiger partial charge in [-0.1, -0.05) is 30.2 Å². The summed E-state index contributed by atoms with van der Waals surface area (Å²) in [7, 11) is 0. The molecule has 0 bridgehead atoms. The Morgan fingerprint density at radius 3 is 2.85 bits per heavy atom. The van der Waals surface area contributed by atoms with Crippen molar-refractivity contribution in [2.45, 2.75) is 38.5 Å². The standard InChI is InChI=1S/C12H16O/c13-12-9-5-4-8-11(12)10-6-2-1-3-7-10/h1-2,6,11H,3-5,7-9H2. The molecule has 0 N–H and O–H groups in total. The lowest BCUT2D eigenvalue weighted by Gasteiger charge is -2.24. The maximum absolute atomic E-state index is 11.6. The van der Waals surface area contributed by atoms with E-state index in [1.54, 1.807) is 0 Å². The minimum Gasteiger partial charge on any atom is -0.299 e. The molecule has 0 saturated heterocycles. The molecule has 2 aliphatic carbocycles. The van der Waals surface area contributed by atoms with Gasteiger partial charge in [0.15, 0.2) is 0 Å². The predicted octanol–water partition coefficient (Wildman–Crippen LogP) is 3.02. The molecule has 0 heterocycles.